The first-order chi connectivity index (χ1) is 7.17. The molecule has 0 heterocycles. The average molecular weight is 206 g/mol. The van der Waals surface area contributed by atoms with Gasteiger partial charge in [-0.05, 0) is 19.1 Å². The van der Waals surface area contributed by atoms with Gasteiger partial charge < -0.3 is 20.0 Å². The van der Waals surface area contributed by atoms with E-state index in [0.717, 1.165) is 0 Å². The fourth-order valence-electron chi connectivity index (χ4n) is 1.15. The summed E-state index contributed by atoms with van der Waals surface area (Å²) in [4.78, 5) is 0. The van der Waals surface area contributed by atoms with Crippen molar-refractivity contribution in [3.8, 4) is 11.8 Å². The van der Waals surface area contributed by atoms with Crippen LogP contribution in [0.5, 0.6) is 5.75 Å². The molecule has 0 saturated heterocycles. The van der Waals surface area contributed by atoms with E-state index in [9.17, 15) is 0 Å². The molecule has 0 fully saturated rings. The summed E-state index contributed by atoms with van der Waals surface area (Å²) < 4.78 is 4.66. The molecule has 15 heavy (non-hydrogen) atoms. The van der Waals surface area contributed by atoms with Crippen molar-refractivity contribution in [3.63, 3.8) is 0 Å². The summed E-state index contributed by atoms with van der Waals surface area (Å²) in [6, 6.07) is 6.61. The lowest BCUT2D eigenvalue weighted by molar-refractivity contribution is 0.288. The number of nitrogens with zero attached hydrogens (tertiary/aromatic N) is 1. The van der Waals surface area contributed by atoms with Crippen molar-refractivity contribution >= 4 is 13.0 Å². The molecule has 3 N–H and O–H groups in total. The number of nitriles is 1. The quantitative estimate of drug-likeness (QED) is 0.618. The molecule has 0 aliphatic carbocycles. The van der Waals surface area contributed by atoms with Crippen LogP contribution in [-0.2, 0) is 0 Å². The zero-order chi connectivity index (χ0) is 11.3. The van der Waals surface area contributed by atoms with E-state index >= 15 is 0 Å². The Hall–Kier alpha value is -1.71. The smallest absolute Gasteiger partial charge is 0.512 e. The van der Waals surface area contributed by atoms with Gasteiger partial charge in [-0.3, -0.25) is 0 Å². The first-order valence-corrected chi connectivity index (χ1v) is 4.48. The van der Waals surface area contributed by atoms with Crippen LogP contribution in [0.1, 0.15) is 12.5 Å². The van der Waals surface area contributed by atoms with Gasteiger partial charge in [0.15, 0.2) is 0 Å². The fourth-order valence-corrected chi connectivity index (χ4v) is 1.15. The summed E-state index contributed by atoms with van der Waals surface area (Å²) in [5, 5.41) is 29.0. The lowest BCUT2D eigenvalue weighted by Gasteiger charge is -2.09. The molecule has 0 saturated carbocycles. The minimum Gasteiger partial charge on any atom is -0.512 e. The Morgan fingerprint density at radius 2 is 2.27 bits per heavy atom. The molecular formula is C9H11BN2O3. The third kappa shape index (κ3) is 3.16. The normalized spacial score (nSPS) is 9.20. The molecule has 0 radical (unpaired) electrons. The molecule has 0 spiro atoms. The van der Waals surface area contributed by atoms with Crippen LogP contribution in [0.4, 0.5) is 5.69 Å². The maximum Gasteiger partial charge on any atom is 0.707 e. The first-order valence-electron chi connectivity index (χ1n) is 4.48. The molecule has 0 atom stereocenters. The van der Waals surface area contributed by atoms with Gasteiger partial charge >= 0.3 is 7.32 Å². The van der Waals surface area contributed by atoms with Gasteiger partial charge in [-0.25, -0.2) is 0 Å². The van der Waals surface area contributed by atoms with E-state index in [0.29, 0.717) is 23.5 Å². The second-order valence-corrected chi connectivity index (χ2v) is 2.79. The third-order valence-corrected chi connectivity index (χ3v) is 1.72. The van der Waals surface area contributed by atoms with E-state index in [-0.39, 0.29) is 0 Å². The second kappa shape index (κ2) is 5.24. The van der Waals surface area contributed by atoms with Gasteiger partial charge in [-0.2, -0.15) is 5.26 Å². The van der Waals surface area contributed by atoms with Crippen molar-refractivity contribution in [2.24, 2.45) is 0 Å². The maximum atomic E-state index is 8.79. The standard InChI is InChI=1S/C9H11BN2O3/c1-2-12-9-5-8(15-10(13)14)4-3-7(9)6-11/h3-5,12-14H,2H2,1H3. The fraction of sp³-hybridized carbons (Fsp3) is 0.222. The van der Waals surface area contributed by atoms with Gasteiger partial charge in [0.2, 0.25) is 0 Å². The van der Waals surface area contributed by atoms with Gasteiger partial charge in [0.25, 0.3) is 0 Å². The van der Waals surface area contributed by atoms with Crippen LogP contribution in [0.2, 0.25) is 0 Å². The first kappa shape index (κ1) is 11.4. The SMILES string of the molecule is CCNc1cc(OB(O)O)ccc1C#N. The van der Waals surface area contributed by atoms with Crippen LogP contribution in [0, 0.1) is 11.3 Å². The number of benzene rings is 1. The van der Waals surface area contributed by atoms with Crippen molar-refractivity contribution < 1.29 is 14.7 Å². The summed E-state index contributed by atoms with van der Waals surface area (Å²) in [6.07, 6.45) is 0. The van der Waals surface area contributed by atoms with Crippen LogP contribution in [0.15, 0.2) is 18.2 Å². The molecule has 1 aromatic carbocycles. The summed E-state index contributed by atoms with van der Waals surface area (Å²) in [7, 11) is -1.85. The molecule has 0 aromatic heterocycles. The number of anilines is 1. The Balaban J connectivity index is 2.95. The molecule has 1 rings (SSSR count). The highest BCUT2D eigenvalue weighted by molar-refractivity contribution is 6.33. The molecule has 1 aromatic rings. The van der Waals surface area contributed by atoms with Crippen LogP contribution >= 0.6 is 0 Å². The zero-order valence-corrected chi connectivity index (χ0v) is 8.27. The van der Waals surface area contributed by atoms with E-state index in [1.165, 1.54) is 6.07 Å². The Morgan fingerprint density at radius 3 is 2.80 bits per heavy atom. The predicted molar refractivity (Wildman–Crippen MR) is 56.1 cm³/mol. The van der Waals surface area contributed by atoms with Gasteiger partial charge in [0, 0.05) is 12.6 Å². The van der Waals surface area contributed by atoms with Crippen molar-refractivity contribution in [2.75, 3.05) is 11.9 Å². The van der Waals surface area contributed by atoms with Gasteiger partial charge in [-0.15, -0.1) is 0 Å². The van der Waals surface area contributed by atoms with E-state index in [2.05, 4.69) is 9.97 Å². The highest BCUT2D eigenvalue weighted by atomic mass is 16.6. The Labute approximate surface area is 88.1 Å². The summed E-state index contributed by atoms with van der Waals surface area (Å²) in [6.45, 7) is 2.56. The molecule has 0 unspecified atom stereocenters. The minimum atomic E-state index is -1.85. The van der Waals surface area contributed by atoms with Crippen LogP contribution in [0.25, 0.3) is 0 Å². The zero-order valence-electron chi connectivity index (χ0n) is 8.27. The number of rotatable bonds is 4. The summed E-state index contributed by atoms with van der Waals surface area (Å²) in [5.74, 6) is 0.292. The topological polar surface area (TPSA) is 85.5 Å². The summed E-state index contributed by atoms with van der Waals surface area (Å²) >= 11 is 0. The van der Waals surface area contributed by atoms with E-state index in [1.54, 1.807) is 12.1 Å². The van der Waals surface area contributed by atoms with E-state index < -0.39 is 7.32 Å². The molecular weight excluding hydrogens is 195 g/mol. The number of hydrogen-bond acceptors (Lipinski definition) is 5. The minimum absolute atomic E-state index is 0.292. The monoisotopic (exact) mass is 206 g/mol. The van der Waals surface area contributed by atoms with Gasteiger partial charge in [-0.1, -0.05) is 0 Å². The Kier molecular flexibility index (Phi) is 3.97. The molecule has 0 aliphatic heterocycles. The molecule has 0 aliphatic rings. The Morgan fingerprint density at radius 1 is 1.53 bits per heavy atom. The van der Waals surface area contributed by atoms with Gasteiger partial charge in [0.1, 0.15) is 11.8 Å². The molecule has 5 nitrogen and oxygen atoms in total. The van der Waals surface area contributed by atoms with Crippen molar-refractivity contribution in [3.05, 3.63) is 23.8 Å². The van der Waals surface area contributed by atoms with Crippen LogP contribution in [-0.4, -0.2) is 23.9 Å². The van der Waals surface area contributed by atoms with Gasteiger partial charge in [0.05, 0.1) is 11.3 Å². The summed E-state index contributed by atoms with van der Waals surface area (Å²) in [5.41, 5.74) is 1.09. The predicted octanol–water partition coefficient (Wildman–Crippen LogP) is 0.338. The van der Waals surface area contributed by atoms with E-state index in [4.69, 9.17) is 15.3 Å². The highest BCUT2D eigenvalue weighted by Gasteiger charge is 2.12. The number of hydrogen-bond donors (Lipinski definition) is 3. The van der Waals surface area contributed by atoms with Crippen LogP contribution in [0.3, 0.4) is 0 Å². The molecule has 0 amide bonds. The molecule has 0 bridgehead atoms. The van der Waals surface area contributed by atoms with Crippen molar-refractivity contribution in [2.45, 2.75) is 6.92 Å². The highest BCUT2D eigenvalue weighted by Crippen LogP contribution is 2.22. The van der Waals surface area contributed by atoms with Crippen molar-refractivity contribution in [1.82, 2.24) is 0 Å². The lowest BCUT2D eigenvalue weighted by Crippen LogP contribution is -2.20. The van der Waals surface area contributed by atoms with E-state index in [1.807, 2.05) is 13.0 Å². The third-order valence-electron chi connectivity index (χ3n) is 1.72. The number of nitrogens with one attached hydrogen (secondary N) is 1. The van der Waals surface area contributed by atoms with Crippen LogP contribution < -0.4 is 9.97 Å². The lowest BCUT2D eigenvalue weighted by atomic mass is 10.1. The average Bonchev–Trinajstić information content (AvgIpc) is 2.18. The molecule has 78 valence electrons. The second-order valence-electron chi connectivity index (χ2n) is 2.79. The van der Waals surface area contributed by atoms with Crippen molar-refractivity contribution in [1.29, 1.82) is 5.26 Å². The Bertz CT molecular complexity index is 376. The largest absolute Gasteiger partial charge is 0.707 e. The molecule has 6 heteroatoms. The maximum absolute atomic E-state index is 8.79.